The van der Waals surface area contributed by atoms with Crippen LogP contribution in [-0.2, 0) is 0 Å². The molecule has 2 N–H and O–H groups in total. The highest BCUT2D eigenvalue weighted by Gasteiger charge is 2.21. The molecule has 1 heterocycles. The number of aromatic nitrogens is 3. The van der Waals surface area contributed by atoms with Crippen molar-refractivity contribution in [3.05, 3.63) is 0 Å². The molecular formula is C14H28N6. The van der Waals surface area contributed by atoms with Crippen LogP contribution in [0.2, 0.25) is 0 Å². The predicted octanol–water partition coefficient (Wildman–Crippen LogP) is 2.75. The summed E-state index contributed by atoms with van der Waals surface area (Å²) in [4.78, 5) is 15.2. The van der Waals surface area contributed by atoms with Gasteiger partial charge in [0.1, 0.15) is 0 Å². The van der Waals surface area contributed by atoms with Crippen molar-refractivity contribution in [2.45, 2.75) is 52.5 Å². The van der Waals surface area contributed by atoms with Gasteiger partial charge in [-0.1, -0.05) is 20.8 Å². The molecule has 1 aromatic heterocycles. The van der Waals surface area contributed by atoms with Crippen molar-refractivity contribution in [2.24, 2.45) is 0 Å². The van der Waals surface area contributed by atoms with Crippen LogP contribution < -0.4 is 15.5 Å². The molecule has 0 atom stereocenters. The van der Waals surface area contributed by atoms with E-state index in [1.165, 1.54) is 0 Å². The van der Waals surface area contributed by atoms with Gasteiger partial charge in [0.05, 0.1) is 0 Å². The number of hydrogen-bond acceptors (Lipinski definition) is 6. The smallest absolute Gasteiger partial charge is 0.231 e. The first-order valence-corrected chi connectivity index (χ1v) is 7.39. The van der Waals surface area contributed by atoms with Gasteiger partial charge in [0.15, 0.2) is 0 Å². The van der Waals surface area contributed by atoms with E-state index in [0.29, 0.717) is 17.8 Å². The molecule has 20 heavy (non-hydrogen) atoms. The zero-order valence-electron chi connectivity index (χ0n) is 13.6. The van der Waals surface area contributed by atoms with Crippen molar-refractivity contribution in [3.63, 3.8) is 0 Å². The monoisotopic (exact) mass is 280 g/mol. The van der Waals surface area contributed by atoms with E-state index in [0.717, 1.165) is 25.8 Å². The molecule has 0 unspecified atom stereocenters. The van der Waals surface area contributed by atoms with Gasteiger partial charge in [-0.25, -0.2) is 0 Å². The van der Waals surface area contributed by atoms with Crippen LogP contribution >= 0.6 is 0 Å². The second kappa shape index (κ2) is 7.26. The lowest BCUT2D eigenvalue weighted by Crippen LogP contribution is -2.34. The number of hydrogen-bond donors (Lipinski definition) is 2. The average molecular weight is 280 g/mol. The van der Waals surface area contributed by atoms with Crippen molar-refractivity contribution in [1.29, 1.82) is 0 Å². The van der Waals surface area contributed by atoms with Gasteiger partial charge in [-0.3, -0.25) is 0 Å². The lowest BCUT2D eigenvalue weighted by molar-refractivity contribution is 0.474. The molecule has 6 nitrogen and oxygen atoms in total. The maximum Gasteiger partial charge on any atom is 0.231 e. The average Bonchev–Trinajstić information content (AvgIpc) is 2.44. The van der Waals surface area contributed by atoms with Crippen LogP contribution in [0.1, 0.15) is 47.0 Å². The van der Waals surface area contributed by atoms with Crippen LogP contribution in [0, 0.1) is 0 Å². The first kappa shape index (κ1) is 16.5. The molecule has 1 rings (SSSR count). The SMILES string of the molecule is CCCNc1nc(NC(C)(CC)CC)nc(N(C)C)n1. The minimum Gasteiger partial charge on any atom is -0.354 e. The Balaban J connectivity index is 3.02. The number of nitrogens with one attached hydrogen (secondary N) is 2. The standard InChI is InChI=1S/C14H28N6/c1-7-10-15-11-16-12(18-13(17-11)20(5)6)19-14(4,8-2)9-3/h7-10H2,1-6H3,(H2,15,16,17,18,19). The van der Waals surface area contributed by atoms with Gasteiger partial charge < -0.3 is 15.5 Å². The Labute approximate surface area is 122 Å². The Kier molecular flexibility index (Phi) is 5.98. The molecule has 1 aromatic rings. The minimum atomic E-state index is 0.00691. The van der Waals surface area contributed by atoms with Crippen LogP contribution in [0.3, 0.4) is 0 Å². The summed E-state index contributed by atoms with van der Waals surface area (Å²) in [5.41, 5.74) is 0.00691. The van der Waals surface area contributed by atoms with E-state index >= 15 is 0 Å². The number of nitrogens with zero attached hydrogens (tertiary/aromatic N) is 4. The molecule has 0 fully saturated rings. The molecule has 0 saturated heterocycles. The van der Waals surface area contributed by atoms with Crippen LogP contribution in [0.15, 0.2) is 0 Å². The summed E-state index contributed by atoms with van der Waals surface area (Å²) in [5, 5.41) is 6.66. The second-order valence-corrected chi connectivity index (χ2v) is 5.50. The molecule has 6 heteroatoms. The van der Waals surface area contributed by atoms with E-state index in [-0.39, 0.29) is 5.54 Å². The van der Waals surface area contributed by atoms with Crippen molar-refractivity contribution < 1.29 is 0 Å². The Hall–Kier alpha value is -1.59. The molecule has 0 aliphatic heterocycles. The van der Waals surface area contributed by atoms with Crippen LogP contribution in [0.5, 0.6) is 0 Å². The lowest BCUT2D eigenvalue weighted by atomic mass is 9.96. The normalized spacial score (nSPS) is 11.3. The van der Waals surface area contributed by atoms with Gasteiger partial charge in [0.25, 0.3) is 0 Å². The molecule has 0 amide bonds. The molecule has 114 valence electrons. The maximum absolute atomic E-state index is 4.47. The Morgan fingerprint density at radius 2 is 1.60 bits per heavy atom. The van der Waals surface area contributed by atoms with E-state index in [9.17, 15) is 0 Å². The number of rotatable bonds is 8. The summed E-state index contributed by atoms with van der Waals surface area (Å²) in [6.45, 7) is 9.49. The Bertz CT molecular complexity index is 414. The minimum absolute atomic E-state index is 0.00691. The van der Waals surface area contributed by atoms with E-state index in [1.54, 1.807) is 0 Å². The van der Waals surface area contributed by atoms with E-state index in [4.69, 9.17) is 0 Å². The summed E-state index contributed by atoms with van der Waals surface area (Å²) in [6.07, 6.45) is 3.07. The molecule has 0 bridgehead atoms. The fourth-order valence-corrected chi connectivity index (χ4v) is 1.63. The molecule has 0 aromatic carbocycles. The van der Waals surface area contributed by atoms with Gasteiger partial charge >= 0.3 is 0 Å². The van der Waals surface area contributed by atoms with Crippen molar-refractivity contribution in [3.8, 4) is 0 Å². The van der Waals surface area contributed by atoms with Crippen LogP contribution in [0.25, 0.3) is 0 Å². The van der Waals surface area contributed by atoms with Gasteiger partial charge in [0.2, 0.25) is 17.8 Å². The van der Waals surface area contributed by atoms with Crippen molar-refractivity contribution >= 4 is 17.8 Å². The first-order valence-electron chi connectivity index (χ1n) is 7.39. The molecule has 0 aliphatic carbocycles. The fraction of sp³-hybridized carbons (Fsp3) is 0.786. The molecule has 0 spiro atoms. The maximum atomic E-state index is 4.47. The van der Waals surface area contributed by atoms with Gasteiger partial charge in [0, 0.05) is 26.2 Å². The largest absolute Gasteiger partial charge is 0.354 e. The van der Waals surface area contributed by atoms with Gasteiger partial charge in [-0.05, 0) is 26.2 Å². The highest BCUT2D eigenvalue weighted by atomic mass is 15.3. The van der Waals surface area contributed by atoms with Crippen LogP contribution in [-0.4, -0.2) is 41.1 Å². The molecule has 0 saturated carbocycles. The zero-order valence-corrected chi connectivity index (χ0v) is 13.6. The fourth-order valence-electron chi connectivity index (χ4n) is 1.63. The van der Waals surface area contributed by atoms with E-state index in [1.807, 2.05) is 19.0 Å². The van der Waals surface area contributed by atoms with Crippen LogP contribution in [0.4, 0.5) is 17.8 Å². The number of anilines is 3. The third-order valence-electron chi connectivity index (χ3n) is 3.53. The predicted molar refractivity (Wildman–Crippen MR) is 85.5 cm³/mol. The molecule has 0 aliphatic rings. The van der Waals surface area contributed by atoms with Gasteiger partial charge in [-0.15, -0.1) is 0 Å². The summed E-state index contributed by atoms with van der Waals surface area (Å²) in [6, 6.07) is 0. The van der Waals surface area contributed by atoms with E-state index in [2.05, 4.69) is 53.3 Å². The highest BCUT2D eigenvalue weighted by molar-refractivity contribution is 5.44. The molecular weight excluding hydrogens is 252 g/mol. The molecule has 0 radical (unpaired) electrons. The third-order valence-corrected chi connectivity index (χ3v) is 3.53. The van der Waals surface area contributed by atoms with E-state index < -0.39 is 0 Å². The topological polar surface area (TPSA) is 66.0 Å². The first-order chi connectivity index (χ1) is 9.44. The van der Waals surface area contributed by atoms with Crippen molar-refractivity contribution in [1.82, 2.24) is 15.0 Å². The second-order valence-electron chi connectivity index (χ2n) is 5.50. The van der Waals surface area contributed by atoms with Crippen molar-refractivity contribution in [2.75, 3.05) is 36.2 Å². The zero-order chi connectivity index (χ0) is 15.2. The lowest BCUT2D eigenvalue weighted by Gasteiger charge is -2.28. The Morgan fingerprint density at radius 1 is 1.00 bits per heavy atom. The highest BCUT2D eigenvalue weighted by Crippen LogP contribution is 2.21. The summed E-state index contributed by atoms with van der Waals surface area (Å²) in [5.74, 6) is 1.92. The quantitative estimate of drug-likeness (QED) is 0.763. The van der Waals surface area contributed by atoms with Gasteiger partial charge in [-0.2, -0.15) is 15.0 Å². The summed E-state index contributed by atoms with van der Waals surface area (Å²) < 4.78 is 0. The third kappa shape index (κ3) is 4.51. The Morgan fingerprint density at radius 3 is 2.10 bits per heavy atom. The summed E-state index contributed by atoms with van der Waals surface area (Å²) in [7, 11) is 3.86. The summed E-state index contributed by atoms with van der Waals surface area (Å²) >= 11 is 0.